The molecule has 0 amide bonds. The van der Waals surface area contributed by atoms with Crippen LogP contribution in [-0.4, -0.2) is 29.6 Å². The van der Waals surface area contributed by atoms with Crippen molar-refractivity contribution in [1.82, 2.24) is 10.2 Å². The fourth-order valence-electron chi connectivity index (χ4n) is 3.73. The number of nitrogens with zero attached hydrogens (tertiary/aromatic N) is 1. The molecule has 1 aliphatic heterocycles. The predicted molar refractivity (Wildman–Crippen MR) is 90.9 cm³/mol. The Morgan fingerprint density at radius 3 is 1.86 bits per heavy atom. The summed E-state index contributed by atoms with van der Waals surface area (Å²) >= 11 is 0. The van der Waals surface area contributed by atoms with E-state index in [1.807, 2.05) is 0 Å². The zero-order valence-electron chi connectivity index (χ0n) is 13.2. The molecule has 0 unspecified atom stereocenters. The van der Waals surface area contributed by atoms with Crippen molar-refractivity contribution in [3.63, 3.8) is 0 Å². The summed E-state index contributed by atoms with van der Waals surface area (Å²) in [4.78, 5) is 2.60. The normalized spacial score (nSPS) is 20.8. The van der Waals surface area contributed by atoms with E-state index >= 15 is 0 Å². The number of benzene rings is 2. The van der Waals surface area contributed by atoms with E-state index in [1.165, 1.54) is 24.0 Å². The van der Waals surface area contributed by atoms with Gasteiger partial charge in [-0.05, 0) is 30.9 Å². The zero-order chi connectivity index (χ0) is 15.0. The van der Waals surface area contributed by atoms with Crippen LogP contribution in [0.1, 0.15) is 36.9 Å². The van der Waals surface area contributed by atoms with Crippen molar-refractivity contribution in [3.05, 3.63) is 71.8 Å². The lowest BCUT2D eigenvalue weighted by Crippen LogP contribution is -2.68. The highest BCUT2D eigenvalue weighted by Crippen LogP contribution is 2.37. The van der Waals surface area contributed by atoms with E-state index in [0.717, 1.165) is 19.1 Å². The molecule has 2 aliphatic rings. The van der Waals surface area contributed by atoms with Gasteiger partial charge in [-0.3, -0.25) is 4.90 Å². The number of likely N-dealkylation sites (tertiary alicyclic amines) is 1. The number of nitrogens with one attached hydrogen (secondary N) is 1. The van der Waals surface area contributed by atoms with E-state index in [9.17, 15) is 0 Å². The molecular formula is C20H24N2. The van der Waals surface area contributed by atoms with Crippen molar-refractivity contribution < 1.29 is 0 Å². The summed E-state index contributed by atoms with van der Waals surface area (Å²) in [5.41, 5.74) is 3.08. The van der Waals surface area contributed by atoms with Crippen LogP contribution < -0.4 is 5.32 Å². The second-order valence-electron chi connectivity index (χ2n) is 7.11. The largest absolute Gasteiger partial charge is 0.306 e. The fourth-order valence-corrected chi connectivity index (χ4v) is 3.73. The van der Waals surface area contributed by atoms with Crippen LogP contribution in [-0.2, 0) is 0 Å². The SMILES string of the molecule is CC1(NC2CC2)CN(C(c2ccccc2)c2ccccc2)C1. The first-order chi connectivity index (χ1) is 10.7. The first-order valence-corrected chi connectivity index (χ1v) is 8.35. The van der Waals surface area contributed by atoms with Gasteiger partial charge >= 0.3 is 0 Å². The topological polar surface area (TPSA) is 15.3 Å². The second-order valence-corrected chi connectivity index (χ2v) is 7.11. The molecule has 114 valence electrons. The average molecular weight is 292 g/mol. The van der Waals surface area contributed by atoms with Gasteiger partial charge < -0.3 is 5.32 Å². The third kappa shape index (κ3) is 2.81. The third-order valence-electron chi connectivity index (χ3n) is 4.83. The lowest BCUT2D eigenvalue weighted by Gasteiger charge is -2.52. The molecule has 2 aromatic carbocycles. The molecule has 2 nitrogen and oxygen atoms in total. The van der Waals surface area contributed by atoms with Crippen LogP contribution in [0.3, 0.4) is 0 Å². The van der Waals surface area contributed by atoms with Crippen molar-refractivity contribution in [2.75, 3.05) is 13.1 Å². The Balaban J connectivity index is 1.56. The fraction of sp³-hybridized carbons (Fsp3) is 0.400. The molecular weight excluding hydrogens is 268 g/mol. The molecule has 22 heavy (non-hydrogen) atoms. The standard InChI is InChI=1S/C20H24N2/c1-20(21-18-12-13-18)14-22(15-20)19(16-8-4-2-5-9-16)17-10-6-3-7-11-17/h2-11,18-19,21H,12-15H2,1H3. The van der Waals surface area contributed by atoms with E-state index in [2.05, 4.69) is 77.8 Å². The third-order valence-corrected chi connectivity index (χ3v) is 4.83. The van der Waals surface area contributed by atoms with Crippen molar-refractivity contribution >= 4 is 0 Å². The van der Waals surface area contributed by atoms with Gasteiger partial charge in [-0.1, -0.05) is 60.7 Å². The van der Waals surface area contributed by atoms with Crippen LogP contribution >= 0.6 is 0 Å². The van der Waals surface area contributed by atoms with Gasteiger partial charge in [0.1, 0.15) is 0 Å². The van der Waals surface area contributed by atoms with Crippen LogP contribution in [0.25, 0.3) is 0 Å². The van der Waals surface area contributed by atoms with Crippen LogP contribution in [0, 0.1) is 0 Å². The maximum absolute atomic E-state index is 3.81. The summed E-state index contributed by atoms with van der Waals surface area (Å²) in [6.45, 7) is 4.62. The summed E-state index contributed by atoms with van der Waals surface area (Å²) in [5, 5.41) is 3.81. The summed E-state index contributed by atoms with van der Waals surface area (Å²) in [6, 6.07) is 22.9. The Morgan fingerprint density at radius 1 is 0.909 bits per heavy atom. The van der Waals surface area contributed by atoms with Crippen molar-refractivity contribution in [2.24, 2.45) is 0 Å². The van der Waals surface area contributed by atoms with Crippen molar-refractivity contribution in [1.29, 1.82) is 0 Å². The molecule has 1 aliphatic carbocycles. The second kappa shape index (κ2) is 5.53. The van der Waals surface area contributed by atoms with Gasteiger partial charge in [0, 0.05) is 24.7 Å². The molecule has 1 saturated heterocycles. The van der Waals surface area contributed by atoms with Gasteiger partial charge in [0.25, 0.3) is 0 Å². The van der Waals surface area contributed by atoms with Crippen LogP contribution in [0.15, 0.2) is 60.7 Å². The van der Waals surface area contributed by atoms with Gasteiger partial charge in [-0.25, -0.2) is 0 Å². The summed E-state index contributed by atoms with van der Waals surface area (Å²) in [5.74, 6) is 0. The first-order valence-electron chi connectivity index (χ1n) is 8.35. The van der Waals surface area contributed by atoms with Gasteiger partial charge in [0.15, 0.2) is 0 Å². The number of rotatable bonds is 5. The molecule has 0 aromatic heterocycles. The maximum atomic E-state index is 3.81. The summed E-state index contributed by atoms with van der Waals surface area (Å²) in [6.07, 6.45) is 2.72. The number of hydrogen-bond acceptors (Lipinski definition) is 2. The van der Waals surface area contributed by atoms with E-state index in [0.29, 0.717) is 11.6 Å². The zero-order valence-corrected chi connectivity index (χ0v) is 13.2. The minimum absolute atomic E-state index is 0.295. The van der Waals surface area contributed by atoms with Crippen molar-refractivity contribution in [2.45, 2.75) is 37.4 Å². The Morgan fingerprint density at radius 2 is 1.41 bits per heavy atom. The molecule has 2 fully saturated rings. The Bertz CT molecular complexity index is 573. The molecule has 2 heteroatoms. The molecule has 1 heterocycles. The minimum atomic E-state index is 0.295. The van der Waals surface area contributed by atoms with Crippen LogP contribution in [0.2, 0.25) is 0 Å². The monoisotopic (exact) mass is 292 g/mol. The highest BCUT2D eigenvalue weighted by molar-refractivity contribution is 5.33. The molecule has 0 bridgehead atoms. The van der Waals surface area contributed by atoms with E-state index in [4.69, 9.17) is 0 Å². The average Bonchev–Trinajstić information content (AvgIpc) is 3.32. The van der Waals surface area contributed by atoms with Gasteiger partial charge in [0.2, 0.25) is 0 Å². The molecule has 2 aromatic rings. The minimum Gasteiger partial charge on any atom is -0.306 e. The molecule has 0 radical (unpaired) electrons. The molecule has 1 N–H and O–H groups in total. The van der Waals surface area contributed by atoms with E-state index < -0.39 is 0 Å². The lowest BCUT2D eigenvalue weighted by molar-refractivity contribution is 0.0275. The lowest BCUT2D eigenvalue weighted by atomic mass is 9.86. The Hall–Kier alpha value is -1.64. The smallest absolute Gasteiger partial charge is 0.0603 e. The van der Waals surface area contributed by atoms with E-state index in [1.54, 1.807) is 0 Å². The predicted octanol–water partition coefficient (Wildman–Crippen LogP) is 3.60. The maximum Gasteiger partial charge on any atom is 0.0603 e. The van der Waals surface area contributed by atoms with Gasteiger partial charge in [-0.2, -0.15) is 0 Å². The van der Waals surface area contributed by atoms with E-state index in [-0.39, 0.29) is 0 Å². The first kappa shape index (κ1) is 14.0. The highest BCUT2D eigenvalue weighted by atomic mass is 15.3. The Kier molecular flexibility index (Phi) is 3.51. The Labute approximate surface area is 133 Å². The van der Waals surface area contributed by atoms with Gasteiger partial charge in [-0.15, -0.1) is 0 Å². The quantitative estimate of drug-likeness (QED) is 0.906. The van der Waals surface area contributed by atoms with Crippen molar-refractivity contribution in [3.8, 4) is 0 Å². The molecule has 0 atom stereocenters. The summed E-state index contributed by atoms with van der Waals surface area (Å²) in [7, 11) is 0. The van der Waals surface area contributed by atoms with Crippen LogP contribution in [0.5, 0.6) is 0 Å². The molecule has 0 spiro atoms. The number of hydrogen-bond donors (Lipinski definition) is 1. The van der Waals surface area contributed by atoms with Crippen LogP contribution in [0.4, 0.5) is 0 Å². The summed E-state index contributed by atoms with van der Waals surface area (Å²) < 4.78 is 0. The highest BCUT2D eigenvalue weighted by Gasteiger charge is 2.45. The van der Waals surface area contributed by atoms with Gasteiger partial charge in [0.05, 0.1) is 6.04 Å². The molecule has 1 saturated carbocycles. The molecule has 4 rings (SSSR count).